The molecule has 5 nitrogen and oxygen atoms in total. The van der Waals surface area contributed by atoms with E-state index >= 15 is 0 Å². The van der Waals surface area contributed by atoms with E-state index in [1.807, 2.05) is 72.7 Å². The zero-order chi connectivity index (χ0) is 36.6. The van der Waals surface area contributed by atoms with Crippen molar-refractivity contribution < 1.29 is 34.4 Å². The first-order valence-corrected chi connectivity index (χ1v) is 18.1. The second-order valence-corrected chi connectivity index (χ2v) is 15.3. The third-order valence-electron chi connectivity index (χ3n) is 11.1. The number of aliphatic hydroxyl groups is 1. The van der Waals surface area contributed by atoms with Gasteiger partial charge in [-0.3, -0.25) is 9.78 Å². The van der Waals surface area contributed by atoms with Crippen molar-refractivity contribution >= 4 is 49.4 Å². The third kappa shape index (κ3) is 7.69. The van der Waals surface area contributed by atoms with Gasteiger partial charge in [0.15, 0.2) is 5.78 Å². The number of fused-ring (bicyclic) bond motifs is 6. The summed E-state index contributed by atoms with van der Waals surface area (Å²) in [5, 5.41) is 15.7. The van der Waals surface area contributed by atoms with Crippen molar-refractivity contribution in [3.63, 3.8) is 0 Å². The Kier molecular flexibility index (Phi) is 12.1. The number of aliphatic hydroxyl groups excluding tert-OH is 1. The average molecular weight is 862 g/mol. The molecule has 1 N–H and O–H groups in total. The van der Waals surface area contributed by atoms with Crippen LogP contribution in [-0.4, -0.2) is 20.9 Å². The third-order valence-corrected chi connectivity index (χ3v) is 11.1. The first-order valence-electron chi connectivity index (χ1n) is 18.1. The van der Waals surface area contributed by atoms with E-state index < -0.39 is 0 Å². The monoisotopic (exact) mass is 862 g/mol. The van der Waals surface area contributed by atoms with Gasteiger partial charge in [-0.2, -0.15) is 0 Å². The maximum atomic E-state index is 12.2. The summed E-state index contributed by atoms with van der Waals surface area (Å²) in [6.07, 6.45) is 4.75. The molecule has 51 heavy (non-hydrogen) atoms. The minimum Gasteiger partial charge on any atom is -0.512 e. The zero-order valence-electron chi connectivity index (χ0n) is 32.2. The number of carbonyl (C=O) groups is 1. The maximum absolute atomic E-state index is 12.2. The van der Waals surface area contributed by atoms with E-state index in [1.165, 1.54) is 28.0 Å². The Hall–Kier alpha value is -3.86. The van der Waals surface area contributed by atoms with Gasteiger partial charge in [0.25, 0.3) is 0 Å². The van der Waals surface area contributed by atoms with Crippen molar-refractivity contribution in [3.05, 3.63) is 95.5 Å². The van der Waals surface area contributed by atoms with Crippen LogP contribution in [0.4, 0.5) is 0 Å². The predicted molar refractivity (Wildman–Crippen MR) is 210 cm³/mol. The standard InChI is InChI=1S/C30H25N2O.C15H28O2.Ir/c1-17-15-20(30(3,4)5)16-19-13-14-23-27(31-18(2)32-28(23)26(17)19)24-11-8-10-22-21-9-6-7-12-25(21)33-29(22)24;1-7-14(5,8-2)12(16)11-13(17)15(6,9-3)10-4;/h6-10,12-16H,1-5H3;11,16H,7-10H2,1-6H3;/q-1;;/b;12-11-;. The van der Waals surface area contributed by atoms with Crippen LogP contribution in [0.1, 0.15) is 105 Å². The molecule has 0 bridgehead atoms. The molecule has 1 radical (unpaired) electrons. The van der Waals surface area contributed by atoms with Gasteiger partial charge in [0.1, 0.15) is 17.2 Å². The van der Waals surface area contributed by atoms with Crippen LogP contribution in [0.2, 0.25) is 0 Å². The molecule has 6 rings (SSSR count). The van der Waals surface area contributed by atoms with Gasteiger partial charge in [-0.1, -0.05) is 116 Å². The minimum absolute atomic E-state index is 0. The Balaban J connectivity index is 0.000000279. The SMILES string of the molecule is CCC(C)(CC)C(=O)/C=C(\O)C(C)(CC)CC.Cc1nc(-c2[c-]ccc3c2oc2ccccc23)c2ccc3cc(C(C)(C)C)cc(C)c3c2n1.[Ir]. The molecule has 0 aliphatic rings. The first-order chi connectivity index (χ1) is 23.6. The van der Waals surface area contributed by atoms with Crippen molar-refractivity contribution in [2.45, 2.75) is 107 Å². The summed E-state index contributed by atoms with van der Waals surface area (Å²) in [6.45, 7) is 23.0. The first kappa shape index (κ1) is 39.9. The molecule has 6 heteroatoms. The summed E-state index contributed by atoms with van der Waals surface area (Å²) in [5.74, 6) is 1.03. The molecule has 271 valence electrons. The summed E-state index contributed by atoms with van der Waals surface area (Å²) >= 11 is 0. The van der Waals surface area contributed by atoms with E-state index in [-0.39, 0.29) is 47.9 Å². The maximum Gasteiger partial charge on any atom is 0.164 e. The Morgan fingerprint density at radius 3 is 2.10 bits per heavy atom. The van der Waals surface area contributed by atoms with E-state index in [1.54, 1.807) is 0 Å². The molecule has 4 aromatic carbocycles. The fraction of sp³-hybridized carbons (Fsp3) is 0.400. The number of aryl methyl sites for hydroxylation is 2. The Bertz CT molecular complexity index is 2230. The Morgan fingerprint density at radius 1 is 0.824 bits per heavy atom. The fourth-order valence-corrected chi connectivity index (χ4v) is 6.55. The number of para-hydroxylation sites is 1. The van der Waals surface area contributed by atoms with Crippen LogP contribution in [0, 0.1) is 30.7 Å². The number of nitrogens with zero attached hydrogens (tertiary/aromatic N) is 2. The number of benzene rings is 4. The molecule has 0 spiro atoms. The van der Waals surface area contributed by atoms with E-state index in [9.17, 15) is 9.90 Å². The van der Waals surface area contributed by atoms with Gasteiger partial charge in [0.2, 0.25) is 0 Å². The van der Waals surface area contributed by atoms with Gasteiger partial charge in [0.05, 0.1) is 11.1 Å². The quantitative estimate of drug-likeness (QED) is 0.0714. The van der Waals surface area contributed by atoms with Gasteiger partial charge in [-0.15, -0.1) is 18.2 Å². The molecule has 0 unspecified atom stereocenters. The molecule has 6 aromatic rings. The second-order valence-electron chi connectivity index (χ2n) is 15.3. The van der Waals surface area contributed by atoms with Gasteiger partial charge < -0.3 is 9.52 Å². The topological polar surface area (TPSA) is 76.2 Å². The van der Waals surface area contributed by atoms with Crippen molar-refractivity contribution in [2.75, 3.05) is 0 Å². The molecule has 0 fully saturated rings. The molecule has 0 saturated heterocycles. The largest absolute Gasteiger partial charge is 0.512 e. The van der Waals surface area contributed by atoms with Crippen LogP contribution in [-0.2, 0) is 30.3 Å². The predicted octanol–water partition coefficient (Wildman–Crippen LogP) is 12.7. The average Bonchev–Trinajstić information content (AvgIpc) is 3.49. The van der Waals surface area contributed by atoms with Crippen molar-refractivity contribution in [2.24, 2.45) is 10.8 Å². The molecule has 2 aromatic heterocycles. The summed E-state index contributed by atoms with van der Waals surface area (Å²) in [5.41, 5.74) is 6.47. The summed E-state index contributed by atoms with van der Waals surface area (Å²) in [4.78, 5) is 22.0. The Morgan fingerprint density at radius 2 is 1.47 bits per heavy atom. The minimum atomic E-state index is -0.337. The van der Waals surface area contributed by atoms with Gasteiger partial charge in [-0.05, 0) is 72.9 Å². The van der Waals surface area contributed by atoms with Crippen LogP contribution in [0.5, 0.6) is 0 Å². The van der Waals surface area contributed by atoms with Crippen molar-refractivity contribution in [1.29, 1.82) is 0 Å². The van der Waals surface area contributed by atoms with Crippen LogP contribution < -0.4 is 0 Å². The molecule has 2 heterocycles. The van der Waals surface area contributed by atoms with Crippen molar-refractivity contribution in [1.82, 2.24) is 9.97 Å². The number of hydrogen-bond donors (Lipinski definition) is 1. The van der Waals surface area contributed by atoms with Crippen LogP contribution >= 0.6 is 0 Å². The number of ketones is 1. The number of furan rings is 1. The summed E-state index contributed by atoms with van der Waals surface area (Å²) in [6, 6.07) is 24.5. The number of allylic oxidation sites excluding steroid dienone is 2. The van der Waals surface area contributed by atoms with Crippen LogP contribution in [0.3, 0.4) is 0 Å². The van der Waals surface area contributed by atoms with Crippen LogP contribution in [0.25, 0.3) is 54.9 Å². The summed E-state index contributed by atoms with van der Waals surface area (Å²) < 4.78 is 6.30. The molecular weight excluding hydrogens is 809 g/mol. The van der Waals surface area contributed by atoms with Gasteiger partial charge in [-0.25, -0.2) is 4.98 Å². The smallest absolute Gasteiger partial charge is 0.164 e. The fourth-order valence-electron chi connectivity index (χ4n) is 6.55. The van der Waals surface area contributed by atoms with Gasteiger partial charge in [0, 0.05) is 53.5 Å². The molecule has 0 amide bonds. The number of hydrogen-bond acceptors (Lipinski definition) is 5. The zero-order valence-corrected chi connectivity index (χ0v) is 34.6. The van der Waals surface area contributed by atoms with E-state index in [0.29, 0.717) is 0 Å². The normalized spacial score (nSPS) is 12.6. The van der Waals surface area contributed by atoms with E-state index in [4.69, 9.17) is 14.4 Å². The van der Waals surface area contributed by atoms with Gasteiger partial charge >= 0.3 is 0 Å². The molecule has 0 saturated carbocycles. The van der Waals surface area contributed by atoms with Crippen molar-refractivity contribution in [3.8, 4) is 11.3 Å². The number of aromatic nitrogens is 2. The van der Waals surface area contributed by atoms with E-state index in [2.05, 4.69) is 70.2 Å². The van der Waals surface area contributed by atoms with Crippen LogP contribution in [0.15, 0.2) is 76.9 Å². The van der Waals surface area contributed by atoms with E-state index in [0.717, 1.165) is 75.6 Å². The molecule has 0 atom stereocenters. The molecule has 0 aliphatic carbocycles. The number of rotatable bonds is 8. The molecule has 0 aliphatic heterocycles. The number of carbonyl (C=O) groups excluding carboxylic acids is 1. The summed E-state index contributed by atoms with van der Waals surface area (Å²) in [7, 11) is 0. The second kappa shape index (κ2) is 15.4. The molecular formula is C45H53IrN2O3-. The Labute approximate surface area is 317 Å².